The third-order valence-corrected chi connectivity index (χ3v) is 2.82. The van der Waals surface area contributed by atoms with Gasteiger partial charge < -0.3 is 15.0 Å². The number of nitriles is 1. The molecule has 0 spiro atoms. The van der Waals surface area contributed by atoms with E-state index in [1.165, 1.54) is 11.9 Å². The Labute approximate surface area is 101 Å². The number of carbonyl (C=O) groups excluding carboxylic acids is 2. The summed E-state index contributed by atoms with van der Waals surface area (Å²) in [6, 6.07) is 1.34. The third kappa shape index (κ3) is 2.94. The molecule has 6 heteroatoms. The van der Waals surface area contributed by atoms with Crippen LogP contribution in [0.15, 0.2) is 0 Å². The van der Waals surface area contributed by atoms with Gasteiger partial charge >= 0.3 is 0 Å². The number of amides is 2. The molecule has 1 fully saturated rings. The molecule has 0 aromatic heterocycles. The van der Waals surface area contributed by atoms with Crippen molar-refractivity contribution < 1.29 is 14.3 Å². The van der Waals surface area contributed by atoms with Crippen molar-refractivity contribution in [1.29, 1.82) is 5.26 Å². The van der Waals surface area contributed by atoms with Crippen molar-refractivity contribution >= 4 is 11.8 Å². The third-order valence-electron chi connectivity index (χ3n) is 2.82. The smallest absolute Gasteiger partial charge is 0.244 e. The predicted octanol–water partition coefficient (Wildman–Crippen LogP) is -0.490. The van der Waals surface area contributed by atoms with Gasteiger partial charge in [-0.15, -0.1) is 0 Å². The maximum atomic E-state index is 12.1. The van der Waals surface area contributed by atoms with Crippen LogP contribution >= 0.6 is 0 Å². The van der Waals surface area contributed by atoms with E-state index in [1.807, 2.05) is 6.07 Å². The van der Waals surface area contributed by atoms with Crippen molar-refractivity contribution in [2.24, 2.45) is 5.92 Å². The fraction of sp³-hybridized carbons (Fsp3) is 0.727. The van der Waals surface area contributed by atoms with Crippen molar-refractivity contribution in [3.63, 3.8) is 0 Å². The number of rotatable bonds is 3. The molecule has 0 saturated carbocycles. The Balaban J connectivity index is 2.81. The number of hydrogen-bond acceptors (Lipinski definition) is 4. The zero-order chi connectivity index (χ0) is 12.8. The summed E-state index contributed by atoms with van der Waals surface area (Å²) in [5.41, 5.74) is 0. The molecule has 1 saturated heterocycles. The standard InChI is InChI=1S/C11H17N3O3/c1-3-8(6-12)11(16)14-4-5-17-7-9(14)10(15)13-2/h8-9H,3-5,7H2,1-2H3,(H,13,15). The van der Waals surface area contributed by atoms with Crippen LogP contribution in [0.5, 0.6) is 0 Å². The second kappa shape index (κ2) is 6.21. The van der Waals surface area contributed by atoms with Gasteiger partial charge in [0, 0.05) is 13.6 Å². The summed E-state index contributed by atoms with van der Waals surface area (Å²) < 4.78 is 5.19. The van der Waals surface area contributed by atoms with E-state index < -0.39 is 12.0 Å². The van der Waals surface area contributed by atoms with E-state index in [2.05, 4.69) is 5.32 Å². The summed E-state index contributed by atoms with van der Waals surface area (Å²) in [6.45, 7) is 2.73. The molecule has 2 amide bonds. The molecular formula is C11H17N3O3. The second-order valence-electron chi connectivity index (χ2n) is 3.83. The molecule has 1 aliphatic rings. The summed E-state index contributed by atoms with van der Waals surface area (Å²) in [4.78, 5) is 25.1. The molecule has 2 atom stereocenters. The maximum Gasteiger partial charge on any atom is 0.244 e. The van der Waals surface area contributed by atoms with Gasteiger partial charge in [0.15, 0.2) is 0 Å². The molecule has 1 rings (SSSR count). The monoisotopic (exact) mass is 239 g/mol. The quantitative estimate of drug-likeness (QED) is 0.720. The van der Waals surface area contributed by atoms with Crippen LogP contribution in [0, 0.1) is 17.2 Å². The first-order valence-corrected chi connectivity index (χ1v) is 5.65. The van der Waals surface area contributed by atoms with Crippen LogP contribution in [-0.4, -0.2) is 49.6 Å². The Kier molecular flexibility index (Phi) is 4.91. The number of ether oxygens (including phenoxy) is 1. The van der Waals surface area contributed by atoms with E-state index in [1.54, 1.807) is 6.92 Å². The maximum absolute atomic E-state index is 12.1. The molecular weight excluding hydrogens is 222 g/mol. The largest absolute Gasteiger partial charge is 0.377 e. The molecule has 17 heavy (non-hydrogen) atoms. The summed E-state index contributed by atoms with van der Waals surface area (Å²) in [5, 5.41) is 11.4. The van der Waals surface area contributed by atoms with Crippen LogP contribution in [0.4, 0.5) is 0 Å². The number of nitrogens with one attached hydrogen (secondary N) is 1. The van der Waals surface area contributed by atoms with Gasteiger partial charge in [-0.3, -0.25) is 9.59 Å². The first-order chi connectivity index (χ1) is 8.15. The van der Waals surface area contributed by atoms with Crippen molar-refractivity contribution in [3.05, 3.63) is 0 Å². The van der Waals surface area contributed by atoms with Gasteiger partial charge in [-0.1, -0.05) is 6.92 Å². The molecule has 0 aliphatic carbocycles. The lowest BCUT2D eigenvalue weighted by atomic mass is 10.0. The van der Waals surface area contributed by atoms with E-state index in [4.69, 9.17) is 10.00 Å². The van der Waals surface area contributed by atoms with Gasteiger partial charge in [-0.05, 0) is 6.42 Å². The van der Waals surface area contributed by atoms with Gasteiger partial charge in [0.05, 0.1) is 19.3 Å². The molecule has 94 valence electrons. The number of likely N-dealkylation sites (N-methyl/N-ethyl adjacent to an activating group) is 1. The van der Waals surface area contributed by atoms with Crippen LogP contribution < -0.4 is 5.32 Å². The molecule has 1 aliphatic heterocycles. The Morgan fingerprint density at radius 2 is 2.35 bits per heavy atom. The highest BCUT2D eigenvalue weighted by molar-refractivity contribution is 5.89. The fourth-order valence-electron chi connectivity index (χ4n) is 1.77. The van der Waals surface area contributed by atoms with E-state index in [0.29, 0.717) is 19.6 Å². The average molecular weight is 239 g/mol. The normalized spacial score (nSPS) is 21.5. The fourth-order valence-corrected chi connectivity index (χ4v) is 1.77. The minimum atomic E-state index is -0.680. The van der Waals surface area contributed by atoms with Crippen LogP contribution in [0.2, 0.25) is 0 Å². The summed E-state index contributed by atoms with van der Waals surface area (Å²) >= 11 is 0. The lowest BCUT2D eigenvalue weighted by Gasteiger charge is -2.35. The Bertz CT molecular complexity index is 337. The van der Waals surface area contributed by atoms with Crippen LogP contribution in [-0.2, 0) is 14.3 Å². The summed E-state index contributed by atoms with van der Waals surface area (Å²) in [5.74, 6) is -1.22. The molecule has 0 aromatic rings. The van der Waals surface area contributed by atoms with Crippen molar-refractivity contribution in [2.75, 3.05) is 26.8 Å². The van der Waals surface area contributed by atoms with E-state index in [-0.39, 0.29) is 18.4 Å². The summed E-state index contributed by atoms with van der Waals surface area (Å²) in [7, 11) is 1.52. The highest BCUT2D eigenvalue weighted by atomic mass is 16.5. The summed E-state index contributed by atoms with van der Waals surface area (Å²) in [6.07, 6.45) is 0.452. The molecule has 1 N–H and O–H groups in total. The van der Waals surface area contributed by atoms with Gasteiger partial charge in [0.2, 0.25) is 11.8 Å². The molecule has 1 heterocycles. The topological polar surface area (TPSA) is 82.4 Å². The molecule has 6 nitrogen and oxygen atoms in total. The molecule has 0 bridgehead atoms. The number of hydrogen-bond donors (Lipinski definition) is 1. The highest BCUT2D eigenvalue weighted by Gasteiger charge is 2.35. The van der Waals surface area contributed by atoms with Crippen molar-refractivity contribution in [1.82, 2.24) is 10.2 Å². The Morgan fingerprint density at radius 3 is 2.88 bits per heavy atom. The second-order valence-corrected chi connectivity index (χ2v) is 3.83. The number of carbonyl (C=O) groups is 2. The minimum absolute atomic E-state index is 0.188. The molecule has 0 aromatic carbocycles. The van der Waals surface area contributed by atoms with E-state index >= 15 is 0 Å². The van der Waals surface area contributed by atoms with Crippen molar-refractivity contribution in [2.45, 2.75) is 19.4 Å². The first kappa shape index (κ1) is 13.5. The van der Waals surface area contributed by atoms with Gasteiger partial charge in [-0.2, -0.15) is 5.26 Å². The van der Waals surface area contributed by atoms with E-state index in [0.717, 1.165) is 0 Å². The Morgan fingerprint density at radius 1 is 1.65 bits per heavy atom. The van der Waals surface area contributed by atoms with Crippen LogP contribution in [0.1, 0.15) is 13.3 Å². The number of morpholine rings is 1. The van der Waals surface area contributed by atoms with Crippen LogP contribution in [0.3, 0.4) is 0 Å². The van der Waals surface area contributed by atoms with Gasteiger partial charge in [0.1, 0.15) is 12.0 Å². The molecule has 0 radical (unpaired) electrons. The van der Waals surface area contributed by atoms with E-state index in [9.17, 15) is 9.59 Å². The molecule has 2 unspecified atom stereocenters. The minimum Gasteiger partial charge on any atom is -0.377 e. The van der Waals surface area contributed by atoms with Crippen molar-refractivity contribution in [3.8, 4) is 6.07 Å². The zero-order valence-electron chi connectivity index (χ0n) is 10.1. The first-order valence-electron chi connectivity index (χ1n) is 5.65. The lowest BCUT2D eigenvalue weighted by molar-refractivity contribution is -0.150. The van der Waals surface area contributed by atoms with Gasteiger partial charge in [-0.25, -0.2) is 0 Å². The van der Waals surface area contributed by atoms with Gasteiger partial charge in [0.25, 0.3) is 0 Å². The SMILES string of the molecule is CCC(C#N)C(=O)N1CCOCC1C(=O)NC. The zero-order valence-corrected chi connectivity index (χ0v) is 10.1. The lowest BCUT2D eigenvalue weighted by Crippen LogP contribution is -2.56. The highest BCUT2D eigenvalue weighted by Crippen LogP contribution is 2.13. The predicted molar refractivity (Wildman–Crippen MR) is 59.8 cm³/mol. The van der Waals surface area contributed by atoms with Crippen LogP contribution in [0.25, 0.3) is 0 Å². The Hall–Kier alpha value is -1.61. The number of nitrogens with zero attached hydrogens (tertiary/aromatic N) is 2. The average Bonchev–Trinajstić information content (AvgIpc) is 2.39.